The number of pyridine rings is 1. The van der Waals surface area contributed by atoms with Gasteiger partial charge in [-0.05, 0) is 18.0 Å². The summed E-state index contributed by atoms with van der Waals surface area (Å²) in [4.78, 5) is 24.3. The zero-order chi connectivity index (χ0) is 15.9. The van der Waals surface area contributed by atoms with Gasteiger partial charge in [-0.3, -0.25) is 0 Å². The van der Waals surface area contributed by atoms with Crippen LogP contribution in [0.5, 0.6) is 0 Å². The Labute approximate surface area is 134 Å². The number of hydrogen-bond donors (Lipinski definition) is 2. The Hall–Kier alpha value is -1.93. The maximum atomic E-state index is 14.0. The topological polar surface area (TPSA) is 91.2 Å². The molecule has 1 amide bonds. The number of hydrogen-bond acceptors (Lipinski definition) is 5. The van der Waals surface area contributed by atoms with Gasteiger partial charge in [0.1, 0.15) is 11.3 Å². The third kappa shape index (κ3) is 2.71. The second-order valence-electron chi connectivity index (χ2n) is 4.82. The molecule has 0 spiro atoms. The van der Waals surface area contributed by atoms with E-state index in [-0.39, 0.29) is 22.0 Å². The molecule has 1 aliphatic rings. The fourth-order valence-electron chi connectivity index (χ4n) is 2.48. The fourth-order valence-corrected chi connectivity index (χ4v) is 2.78. The van der Waals surface area contributed by atoms with Crippen molar-refractivity contribution >= 4 is 46.0 Å². The average Bonchev–Trinajstić information content (AvgIpc) is 2.90. The van der Waals surface area contributed by atoms with Crippen LogP contribution in [0.3, 0.4) is 0 Å². The lowest BCUT2D eigenvalue weighted by Gasteiger charge is -2.19. The Bertz CT molecular complexity index is 760. The van der Waals surface area contributed by atoms with Crippen LogP contribution in [0.1, 0.15) is 6.42 Å². The van der Waals surface area contributed by atoms with Crippen LogP contribution in [-0.2, 0) is 0 Å². The molecule has 0 radical (unpaired) electrons. The van der Waals surface area contributed by atoms with E-state index in [1.807, 2.05) is 4.90 Å². The van der Waals surface area contributed by atoms with Gasteiger partial charge in [-0.25, -0.2) is 19.2 Å². The normalized spacial score (nSPS) is 18.0. The molecular formula is C12H10Cl2FN5O2. The van der Waals surface area contributed by atoms with Crippen molar-refractivity contribution in [3.63, 3.8) is 0 Å². The molecule has 0 aliphatic carbocycles. The maximum Gasteiger partial charge on any atom is 0.404 e. The number of fused-ring (bicyclic) bond motifs is 1. The maximum absolute atomic E-state index is 14.0. The number of anilines is 1. The van der Waals surface area contributed by atoms with Crippen molar-refractivity contribution in [3.8, 4) is 0 Å². The molecule has 2 aromatic heterocycles. The van der Waals surface area contributed by atoms with Crippen molar-refractivity contribution in [1.29, 1.82) is 0 Å². The summed E-state index contributed by atoms with van der Waals surface area (Å²) in [6.07, 6.45) is 0.903. The lowest BCUT2D eigenvalue weighted by atomic mass is 10.2. The SMILES string of the molecule is O=C(O)N[C@H]1CCN(c2nc(Cl)nc3c(F)c(Cl)ncc23)C1. The van der Waals surface area contributed by atoms with Crippen LogP contribution in [0.2, 0.25) is 10.4 Å². The van der Waals surface area contributed by atoms with Gasteiger partial charge in [0, 0.05) is 19.3 Å². The van der Waals surface area contributed by atoms with Gasteiger partial charge in [-0.2, -0.15) is 4.98 Å². The highest BCUT2D eigenvalue weighted by Gasteiger charge is 2.27. The van der Waals surface area contributed by atoms with Crippen molar-refractivity contribution in [3.05, 3.63) is 22.5 Å². The monoisotopic (exact) mass is 345 g/mol. The first-order valence-electron chi connectivity index (χ1n) is 6.37. The second kappa shape index (κ2) is 5.69. The largest absolute Gasteiger partial charge is 0.465 e. The van der Waals surface area contributed by atoms with Gasteiger partial charge < -0.3 is 15.3 Å². The van der Waals surface area contributed by atoms with E-state index in [2.05, 4.69) is 20.3 Å². The number of carbonyl (C=O) groups is 1. The molecule has 0 saturated carbocycles. The number of nitrogens with one attached hydrogen (secondary N) is 1. The van der Waals surface area contributed by atoms with Gasteiger partial charge in [0.2, 0.25) is 5.28 Å². The first-order chi connectivity index (χ1) is 10.5. The van der Waals surface area contributed by atoms with E-state index in [1.165, 1.54) is 6.20 Å². The Balaban J connectivity index is 2.01. The summed E-state index contributed by atoms with van der Waals surface area (Å²) in [5.74, 6) is -0.350. The quantitative estimate of drug-likeness (QED) is 0.641. The predicted molar refractivity (Wildman–Crippen MR) is 79.1 cm³/mol. The van der Waals surface area contributed by atoms with Crippen LogP contribution in [-0.4, -0.2) is 45.3 Å². The highest BCUT2D eigenvalue weighted by atomic mass is 35.5. The molecular weight excluding hydrogens is 336 g/mol. The van der Waals surface area contributed by atoms with Gasteiger partial charge in [-0.15, -0.1) is 0 Å². The Morgan fingerprint density at radius 2 is 2.23 bits per heavy atom. The predicted octanol–water partition coefficient (Wildman–Crippen LogP) is 2.32. The van der Waals surface area contributed by atoms with E-state index in [0.717, 1.165) is 0 Å². The van der Waals surface area contributed by atoms with E-state index in [1.54, 1.807) is 0 Å². The summed E-state index contributed by atoms with van der Waals surface area (Å²) in [7, 11) is 0. The van der Waals surface area contributed by atoms with Crippen molar-refractivity contribution in [2.45, 2.75) is 12.5 Å². The molecule has 3 heterocycles. The van der Waals surface area contributed by atoms with Crippen LogP contribution in [0, 0.1) is 5.82 Å². The lowest BCUT2D eigenvalue weighted by molar-refractivity contribution is 0.191. The highest BCUT2D eigenvalue weighted by molar-refractivity contribution is 6.30. The summed E-state index contributed by atoms with van der Waals surface area (Å²) in [6, 6.07) is -0.230. The van der Waals surface area contributed by atoms with Gasteiger partial charge in [0.25, 0.3) is 0 Å². The van der Waals surface area contributed by atoms with E-state index in [0.29, 0.717) is 30.7 Å². The van der Waals surface area contributed by atoms with Crippen LogP contribution >= 0.6 is 23.2 Å². The van der Waals surface area contributed by atoms with Crippen molar-refractivity contribution in [2.75, 3.05) is 18.0 Å². The second-order valence-corrected chi connectivity index (χ2v) is 5.52. The number of amides is 1. The van der Waals surface area contributed by atoms with Crippen LogP contribution in [0.15, 0.2) is 6.20 Å². The van der Waals surface area contributed by atoms with E-state index in [4.69, 9.17) is 28.3 Å². The number of carboxylic acid groups (broad SMARTS) is 1. The minimum atomic E-state index is -1.09. The highest BCUT2D eigenvalue weighted by Crippen LogP contribution is 2.30. The number of aromatic nitrogens is 3. The summed E-state index contributed by atoms with van der Waals surface area (Å²) in [5.41, 5.74) is -0.00959. The first-order valence-corrected chi connectivity index (χ1v) is 7.13. The molecule has 2 aromatic rings. The molecule has 1 saturated heterocycles. The smallest absolute Gasteiger partial charge is 0.404 e. The zero-order valence-electron chi connectivity index (χ0n) is 11.1. The summed E-state index contributed by atoms with van der Waals surface area (Å²) in [5, 5.41) is 11.1. The Morgan fingerprint density at radius 3 is 2.95 bits per heavy atom. The number of halogens is 3. The van der Waals surface area contributed by atoms with Crippen molar-refractivity contribution in [1.82, 2.24) is 20.3 Å². The summed E-state index contributed by atoms with van der Waals surface area (Å²) < 4.78 is 14.0. The van der Waals surface area contributed by atoms with Gasteiger partial charge in [-0.1, -0.05) is 11.6 Å². The molecule has 0 bridgehead atoms. The molecule has 116 valence electrons. The van der Waals surface area contributed by atoms with E-state index >= 15 is 0 Å². The third-order valence-corrected chi connectivity index (χ3v) is 3.84. The van der Waals surface area contributed by atoms with Gasteiger partial charge in [0.15, 0.2) is 11.0 Å². The number of rotatable bonds is 2. The molecule has 0 unspecified atom stereocenters. The van der Waals surface area contributed by atoms with E-state index in [9.17, 15) is 9.18 Å². The lowest BCUT2D eigenvalue weighted by Crippen LogP contribution is -2.36. The summed E-state index contributed by atoms with van der Waals surface area (Å²) in [6.45, 7) is 0.955. The van der Waals surface area contributed by atoms with Gasteiger partial charge >= 0.3 is 6.09 Å². The van der Waals surface area contributed by atoms with Crippen molar-refractivity contribution in [2.24, 2.45) is 0 Å². The fraction of sp³-hybridized carbons (Fsp3) is 0.333. The third-order valence-electron chi connectivity index (χ3n) is 3.41. The molecule has 3 rings (SSSR count). The standard InChI is InChI=1S/C12H10Cl2FN5O2/c13-9-7(15)8-6(3-16-9)10(19-11(14)18-8)20-2-1-5(4-20)17-12(21)22/h3,5,17H,1-2,4H2,(H,21,22)/t5-/m0/s1. The van der Waals surface area contributed by atoms with Gasteiger partial charge in [0.05, 0.1) is 11.4 Å². The van der Waals surface area contributed by atoms with E-state index < -0.39 is 11.9 Å². The molecule has 7 nitrogen and oxygen atoms in total. The molecule has 1 fully saturated rings. The molecule has 1 aliphatic heterocycles. The minimum Gasteiger partial charge on any atom is -0.465 e. The molecule has 1 atom stereocenters. The molecule has 0 aromatic carbocycles. The van der Waals surface area contributed by atoms with Crippen LogP contribution in [0.25, 0.3) is 10.9 Å². The first kappa shape index (κ1) is 15.0. The zero-order valence-corrected chi connectivity index (χ0v) is 12.6. The molecule has 10 heteroatoms. The minimum absolute atomic E-state index is 0.00959. The average molecular weight is 346 g/mol. The summed E-state index contributed by atoms with van der Waals surface area (Å²) >= 11 is 11.5. The molecule has 22 heavy (non-hydrogen) atoms. The Morgan fingerprint density at radius 1 is 1.45 bits per heavy atom. The number of nitrogens with zero attached hydrogens (tertiary/aromatic N) is 4. The Kier molecular flexibility index (Phi) is 3.88. The van der Waals surface area contributed by atoms with Crippen LogP contribution < -0.4 is 10.2 Å². The van der Waals surface area contributed by atoms with Crippen molar-refractivity contribution < 1.29 is 14.3 Å². The molecule has 2 N–H and O–H groups in total. The van der Waals surface area contributed by atoms with Crippen LogP contribution in [0.4, 0.5) is 15.0 Å².